The lowest BCUT2D eigenvalue weighted by Crippen LogP contribution is -2.46. The van der Waals surface area contributed by atoms with E-state index in [4.69, 9.17) is 15.3 Å². The van der Waals surface area contributed by atoms with Crippen LogP contribution in [0.5, 0.6) is 0 Å². The van der Waals surface area contributed by atoms with Crippen molar-refractivity contribution in [2.75, 3.05) is 0 Å². The van der Waals surface area contributed by atoms with E-state index in [-0.39, 0.29) is 6.42 Å². The Hall–Kier alpha value is -1.10. The normalized spacial score (nSPS) is 13.9. The SMILES string of the molecule is CCC(O)C(C)(C(=O)O)C(=O)O. The highest BCUT2D eigenvalue weighted by Crippen LogP contribution is 2.24. The third-order valence-electron chi connectivity index (χ3n) is 1.94. The molecule has 5 nitrogen and oxygen atoms in total. The van der Waals surface area contributed by atoms with E-state index in [1.807, 2.05) is 0 Å². The van der Waals surface area contributed by atoms with Gasteiger partial charge in [0.2, 0.25) is 0 Å². The van der Waals surface area contributed by atoms with E-state index in [2.05, 4.69) is 0 Å². The molecule has 0 aliphatic carbocycles. The summed E-state index contributed by atoms with van der Waals surface area (Å²) in [6.07, 6.45) is -1.28. The van der Waals surface area contributed by atoms with Crippen molar-refractivity contribution >= 4 is 11.9 Å². The molecule has 12 heavy (non-hydrogen) atoms. The molecule has 0 saturated heterocycles. The van der Waals surface area contributed by atoms with Crippen molar-refractivity contribution in [3.8, 4) is 0 Å². The Morgan fingerprint density at radius 1 is 1.33 bits per heavy atom. The fraction of sp³-hybridized carbons (Fsp3) is 0.714. The maximum atomic E-state index is 10.5. The van der Waals surface area contributed by atoms with Gasteiger partial charge in [-0.1, -0.05) is 6.92 Å². The van der Waals surface area contributed by atoms with Crippen molar-refractivity contribution < 1.29 is 24.9 Å². The Bertz CT molecular complexity index is 184. The van der Waals surface area contributed by atoms with Crippen LogP contribution >= 0.6 is 0 Å². The molecule has 70 valence electrons. The van der Waals surface area contributed by atoms with Gasteiger partial charge in [0, 0.05) is 0 Å². The predicted molar refractivity (Wildman–Crippen MR) is 39.7 cm³/mol. The maximum absolute atomic E-state index is 10.5. The van der Waals surface area contributed by atoms with Crippen LogP contribution in [0.4, 0.5) is 0 Å². The maximum Gasteiger partial charge on any atom is 0.323 e. The third-order valence-corrected chi connectivity index (χ3v) is 1.94. The lowest BCUT2D eigenvalue weighted by Gasteiger charge is -2.24. The third kappa shape index (κ3) is 1.55. The van der Waals surface area contributed by atoms with Crippen LogP contribution in [0.25, 0.3) is 0 Å². The summed E-state index contributed by atoms with van der Waals surface area (Å²) in [6, 6.07) is 0. The van der Waals surface area contributed by atoms with Gasteiger partial charge >= 0.3 is 11.9 Å². The molecule has 0 aromatic heterocycles. The van der Waals surface area contributed by atoms with E-state index >= 15 is 0 Å². The molecule has 0 aliphatic heterocycles. The molecular formula is C7H12O5. The molecule has 0 saturated carbocycles. The molecule has 0 bridgehead atoms. The van der Waals surface area contributed by atoms with Crippen LogP contribution in [0.15, 0.2) is 0 Å². The number of aliphatic hydroxyl groups is 1. The number of carboxylic acids is 2. The molecule has 0 radical (unpaired) electrons. The summed E-state index contributed by atoms with van der Waals surface area (Å²) < 4.78 is 0. The second-order valence-corrected chi connectivity index (χ2v) is 2.74. The van der Waals surface area contributed by atoms with Gasteiger partial charge in [-0.2, -0.15) is 0 Å². The van der Waals surface area contributed by atoms with Crippen LogP contribution < -0.4 is 0 Å². The van der Waals surface area contributed by atoms with E-state index in [1.54, 1.807) is 0 Å². The summed E-state index contributed by atoms with van der Waals surface area (Å²) in [5.74, 6) is -3.05. The van der Waals surface area contributed by atoms with Gasteiger partial charge in [-0.15, -0.1) is 0 Å². The van der Waals surface area contributed by atoms with Crippen molar-refractivity contribution in [1.82, 2.24) is 0 Å². The van der Waals surface area contributed by atoms with E-state index in [1.165, 1.54) is 6.92 Å². The molecule has 0 rings (SSSR count). The molecular weight excluding hydrogens is 164 g/mol. The summed E-state index contributed by atoms with van der Waals surface area (Å²) in [4.78, 5) is 21.0. The number of rotatable bonds is 4. The fourth-order valence-electron chi connectivity index (χ4n) is 0.785. The van der Waals surface area contributed by atoms with Gasteiger partial charge in [0.25, 0.3) is 0 Å². The van der Waals surface area contributed by atoms with Crippen LogP contribution in [-0.4, -0.2) is 33.4 Å². The molecule has 0 spiro atoms. The largest absolute Gasteiger partial charge is 0.480 e. The standard InChI is InChI=1S/C7H12O5/c1-3-4(8)7(2,5(9)10)6(11)12/h4,8H,3H2,1-2H3,(H,9,10)(H,11,12). The predicted octanol–water partition coefficient (Wildman–Crippen LogP) is -0.0672. The summed E-state index contributed by atoms with van der Waals surface area (Å²) >= 11 is 0. The molecule has 0 aromatic rings. The zero-order valence-electron chi connectivity index (χ0n) is 6.94. The summed E-state index contributed by atoms with van der Waals surface area (Å²) in [6.45, 7) is 2.51. The van der Waals surface area contributed by atoms with Gasteiger partial charge < -0.3 is 15.3 Å². The minimum atomic E-state index is -2.10. The second kappa shape index (κ2) is 3.53. The van der Waals surface area contributed by atoms with Crippen LogP contribution in [-0.2, 0) is 9.59 Å². The van der Waals surface area contributed by atoms with Gasteiger partial charge in [-0.3, -0.25) is 9.59 Å². The average Bonchev–Trinajstić information content (AvgIpc) is 2.00. The van der Waals surface area contributed by atoms with E-state index in [9.17, 15) is 9.59 Å². The summed E-state index contributed by atoms with van der Waals surface area (Å²) in [5, 5.41) is 26.3. The monoisotopic (exact) mass is 176 g/mol. The van der Waals surface area contributed by atoms with Gasteiger partial charge in [0.05, 0.1) is 6.10 Å². The minimum absolute atomic E-state index is 0.0924. The van der Waals surface area contributed by atoms with Crippen LogP contribution in [0.3, 0.4) is 0 Å². The van der Waals surface area contributed by atoms with Gasteiger partial charge in [-0.05, 0) is 13.3 Å². The van der Waals surface area contributed by atoms with E-state index in [0.29, 0.717) is 0 Å². The first-order valence-corrected chi connectivity index (χ1v) is 3.52. The van der Waals surface area contributed by atoms with Crippen molar-refractivity contribution in [1.29, 1.82) is 0 Å². The second-order valence-electron chi connectivity index (χ2n) is 2.74. The Morgan fingerprint density at radius 2 is 1.67 bits per heavy atom. The average molecular weight is 176 g/mol. The molecule has 0 fully saturated rings. The molecule has 1 unspecified atom stereocenters. The van der Waals surface area contributed by atoms with Crippen molar-refractivity contribution in [3.05, 3.63) is 0 Å². The van der Waals surface area contributed by atoms with Crippen molar-refractivity contribution in [2.45, 2.75) is 26.4 Å². The van der Waals surface area contributed by atoms with Crippen LogP contribution in [0.2, 0.25) is 0 Å². The number of aliphatic hydroxyl groups excluding tert-OH is 1. The van der Waals surface area contributed by atoms with E-state index < -0.39 is 23.5 Å². The highest BCUT2D eigenvalue weighted by atomic mass is 16.4. The van der Waals surface area contributed by atoms with Crippen molar-refractivity contribution in [3.63, 3.8) is 0 Å². The molecule has 5 heteroatoms. The number of carbonyl (C=O) groups is 2. The van der Waals surface area contributed by atoms with Gasteiger partial charge in [0.15, 0.2) is 5.41 Å². The molecule has 1 atom stereocenters. The Labute approximate surface area is 69.6 Å². The zero-order valence-corrected chi connectivity index (χ0v) is 6.94. The zero-order chi connectivity index (χ0) is 9.94. The Kier molecular flexibility index (Phi) is 3.21. The number of hydrogen-bond acceptors (Lipinski definition) is 3. The lowest BCUT2D eigenvalue weighted by atomic mass is 9.83. The Morgan fingerprint density at radius 3 is 1.75 bits per heavy atom. The molecule has 0 heterocycles. The van der Waals surface area contributed by atoms with Gasteiger partial charge in [0.1, 0.15) is 0 Å². The molecule has 0 aliphatic rings. The topological polar surface area (TPSA) is 94.8 Å². The van der Waals surface area contributed by atoms with Crippen molar-refractivity contribution in [2.24, 2.45) is 5.41 Å². The number of carboxylic acid groups (broad SMARTS) is 2. The molecule has 3 N–H and O–H groups in total. The molecule has 0 aromatic carbocycles. The van der Waals surface area contributed by atoms with E-state index in [0.717, 1.165) is 6.92 Å². The first-order chi connectivity index (χ1) is 5.37. The Balaban J connectivity index is 4.87. The number of hydrogen-bond donors (Lipinski definition) is 3. The highest BCUT2D eigenvalue weighted by molar-refractivity contribution is 5.98. The summed E-state index contributed by atoms with van der Waals surface area (Å²) in [7, 11) is 0. The summed E-state index contributed by atoms with van der Waals surface area (Å²) in [5.41, 5.74) is -2.10. The van der Waals surface area contributed by atoms with Crippen LogP contribution in [0.1, 0.15) is 20.3 Å². The minimum Gasteiger partial charge on any atom is -0.480 e. The molecule has 0 amide bonds. The quantitative estimate of drug-likeness (QED) is 0.521. The lowest BCUT2D eigenvalue weighted by molar-refractivity contribution is -0.171. The first-order valence-electron chi connectivity index (χ1n) is 3.52. The first kappa shape index (κ1) is 10.9. The fourth-order valence-corrected chi connectivity index (χ4v) is 0.785. The highest BCUT2D eigenvalue weighted by Gasteiger charge is 2.47. The van der Waals surface area contributed by atoms with Gasteiger partial charge in [-0.25, -0.2) is 0 Å². The van der Waals surface area contributed by atoms with Crippen LogP contribution in [0, 0.1) is 5.41 Å². The smallest absolute Gasteiger partial charge is 0.323 e. The number of aliphatic carboxylic acids is 2.